The quantitative estimate of drug-likeness (QED) is 0.873. The van der Waals surface area contributed by atoms with Crippen molar-refractivity contribution in [1.82, 2.24) is 10.0 Å². The van der Waals surface area contributed by atoms with Crippen molar-refractivity contribution in [3.05, 3.63) is 29.3 Å². The molecule has 2 rings (SSSR count). The fourth-order valence-corrected chi connectivity index (χ4v) is 3.81. The molecule has 2 N–H and O–H groups in total. The van der Waals surface area contributed by atoms with Crippen LogP contribution in [-0.2, 0) is 10.0 Å². The molecular weight excluding hydrogens is 296 g/mol. The van der Waals surface area contributed by atoms with Crippen LogP contribution in [0.25, 0.3) is 0 Å². The molecule has 1 heterocycles. The van der Waals surface area contributed by atoms with Gasteiger partial charge in [0.05, 0.1) is 4.90 Å². The lowest BCUT2D eigenvalue weighted by molar-refractivity contribution is 0.519. The van der Waals surface area contributed by atoms with E-state index in [-0.39, 0.29) is 12.4 Å². The molecule has 1 saturated heterocycles. The van der Waals surface area contributed by atoms with Crippen molar-refractivity contribution in [2.45, 2.75) is 31.6 Å². The second-order valence-corrected chi connectivity index (χ2v) is 7.05. The van der Waals surface area contributed by atoms with Gasteiger partial charge in [-0.2, -0.15) is 0 Å². The highest BCUT2D eigenvalue weighted by Crippen LogP contribution is 2.17. The van der Waals surface area contributed by atoms with Crippen LogP contribution < -0.4 is 10.0 Å². The molecule has 0 aliphatic carbocycles. The van der Waals surface area contributed by atoms with Crippen LogP contribution in [0.3, 0.4) is 0 Å². The summed E-state index contributed by atoms with van der Waals surface area (Å²) in [6.07, 6.45) is 2.04. The number of hydrogen-bond acceptors (Lipinski definition) is 3. The lowest BCUT2D eigenvalue weighted by atomic mass is 10.1. The Morgan fingerprint density at radius 1 is 1.35 bits per heavy atom. The lowest BCUT2D eigenvalue weighted by Gasteiger charge is -2.12. The Kier molecular flexibility index (Phi) is 6.45. The zero-order chi connectivity index (χ0) is 13.9. The summed E-state index contributed by atoms with van der Waals surface area (Å²) in [7, 11) is -3.38. The summed E-state index contributed by atoms with van der Waals surface area (Å²) >= 11 is 0. The standard InChI is InChI=1S/C14H22N2O2S.ClH/c1-11-3-4-12(2)14(9-11)19(17,18)16-8-6-13-5-7-15-10-13;/h3-4,9,13,15-16H,5-8,10H2,1-2H3;1H. The Morgan fingerprint density at radius 3 is 2.75 bits per heavy atom. The normalized spacial score (nSPS) is 18.8. The van der Waals surface area contributed by atoms with E-state index >= 15 is 0 Å². The largest absolute Gasteiger partial charge is 0.316 e. The molecule has 1 fully saturated rings. The van der Waals surface area contributed by atoms with Gasteiger partial charge in [0.15, 0.2) is 0 Å². The van der Waals surface area contributed by atoms with Gasteiger partial charge in [0.25, 0.3) is 0 Å². The van der Waals surface area contributed by atoms with Gasteiger partial charge < -0.3 is 5.32 Å². The maximum absolute atomic E-state index is 12.3. The van der Waals surface area contributed by atoms with Gasteiger partial charge in [-0.25, -0.2) is 13.1 Å². The average Bonchev–Trinajstić information content (AvgIpc) is 2.85. The molecule has 6 heteroatoms. The van der Waals surface area contributed by atoms with Gasteiger partial charge in [0, 0.05) is 6.54 Å². The number of nitrogens with one attached hydrogen (secondary N) is 2. The van der Waals surface area contributed by atoms with E-state index in [1.165, 1.54) is 0 Å². The zero-order valence-electron chi connectivity index (χ0n) is 12.0. The Balaban J connectivity index is 0.00000200. The van der Waals surface area contributed by atoms with Crippen LogP contribution in [0, 0.1) is 19.8 Å². The molecule has 1 atom stereocenters. The van der Waals surface area contributed by atoms with E-state index in [1.807, 2.05) is 26.0 Å². The molecule has 0 spiro atoms. The summed E-state index contributed by atoms with van der Waals surface area (Å²) in [6, 6.07) is 5.51. The molecule has 1 aromatic carbocycles. The Hall–Kier alpha value is -0.620. The van der Waals surface area contributed by atoms with Crippen LogP contribution in [0.1, 0.15) is 24.0 Å². The average molecular weight is 319 g/mol. The van der Waals surface area contributed by atoms with Gasteiger partial charge in [-0.1, -0.05) is 12.1 Å². The van der Waals surface area contributed by atoms with Crippen molar-refractivity contribution in [2.24, 2.45) is 5.92 Å². The Bertz CT molecular complexity index is 540. The minimum Gasteiger partial charge on any atom is -0.316 e. The second-order valence-electron chi connectivity index (χ2n) is 5.31. The van der Waals surface area contributed by atoms with Crippen molar-refractivity contribution < 1.29 is 8.42 Å². The molecule has 1 aliphatic rings. The van der Waals surface area contributed by atoms with Crippen molar-refractivity contribution in [3.63, 3.8) is 0 Å². The molecule has 114 valence electrons. The van der Waals surface area contributed by atoms with Crippen LogP contribution in [0.2, 0.25) is 0 Å². The molecule has 0 amide bonds. The molecule has 0 saturated carbocycles. The molecule has 1 unspecified atom stereocenters. The third-order valence-electron chi connectivity index (χ3n) is 3.64. The van der Waals surface area contributed by atoms with Crippen molar-refractivity contribution >= 4 is 22.4 Å². The highest BCUT2D eigenvalue weighted by Gasteiger charge is 2.18. The number of rotatable bonds is 5. The first kappa shape index (κ1) is 17.4. The second kappa shape index (κ2) is 7.41. The van der Waals surface area contributed by atoms with E-state index in [4.69, 9.17) is 0 Å². The maximum atomic E-state index is 12.3. The van der Waals surface area contributed by atoms with Crippen LogP contribution >= 0.6 is 12.4 Å². The van der Waals surface area contributed by atoms with Gasteiger partial charge in [-0.05, 0) is 62.9 Å². The van der Waals surface area contributed by atoms with Crippen molar-refractivity contribution in [1.29, 1.82) is 0 Å². The molecule has 20 heavy (non-hydrogen) atoms. The third-order valence-corrected chi connectivity index (χ3v) is 5.24. The van der Waals surface area contributed by atoms with E-state index < -0.39 is 10.0 Å². The SMILES string of the molecule is Cc1ccc(C)c(S(=O)(=O)NCCC2CCNC2)c1.Cl. The summed E-state index contributed by atoms with van der Waals surface area (Å²) in [6.45, 7) is 6.30. The topological polar surface area (TPSA) is 58.2 Å². The smallest absolute Gasteiger partial charge is 0.240 e. The number of sulfonamides is 1. The fraction of sp³-hybridized carbons (Fsp3) is 0.571. The predicted molar refractivity (Wildman–Crippen MR) is 83.9 cm³/mol. The third kappa shape index (κ3) is 4.45. The molecule has 0 radical (unpaired) electrons. The van der Waals surface area contributed by atoms with E-state index in [2.05, 4.69) is 10.0 Å². The monoisotopic (exact) mass is 318 g/mol. The van der Waals surface area contributed by atoms with Crippen LogP contribution in [0.5, 0.6) is 0 Å². The first-order chi connectivity index (χ1) is 8.99. The molecule has 0 aromatic heterocycles. The van der Waals surface area contributed by atoms with E-state index in [9.17, 15) is 8.42 Å². The molecule has 4 nitrogen and oxygen atoms in total. The minimum absolute atomic E-state index is 0. The van der Waals surface area contributed by atoms with Gasteiger partial charge in [-0.3, -0.25) is 0 Å². The number of halogens is 1. The molecular formula is C14H23ClN2O2S. The summed E-state index contributed by atoms with van der Waals surface area (Å²) in [4.78, 5) is 0.400. The Morgan fingerprint density at radius 2 is 2.10 bits per heavy atom. The number of hydrogen-bond donors (Lipinski definition) is 2. The first-order valence-corrected chi connectivity index (χ1v) is 8.25. The van der Waals surface area contributed by atoms with Crippen LogP contribution in [-0.4, -0.2) is 28.1 Å². The van der Waals surface area contributed by atoms with E-state index in [0.29, 0.717) is 17.4 Å². The van der Waals surface area contributed by atoms with Gasteiger partial charge in [0.1, 0.15) is 0 Å². The molecule has 0 bridgehead atoms. The van der Waals surface area contributed by atoms with Crippen LogP contribution in [0.4, 0.5) is 0 Å². The predicted octanol–water partition coefficient (Wildman–Crippen LogP) is 2.00. The molecule has 1 aliphatic heterocycles. The number of benzene rings is 1. The highest BCUT2D eigenvalue weighted by atomic mass is 35.5. The summed E-state index contributed by atoms with van der Waals surface area (Å²) < 4.78 is 27.2. The highest BCUT2D eigenvalue weighted by molar-refractivity contribution is 7.89. The lowest BCUT2D eigenvalue weighted by Crippen LogP contribution is -2.27. The van der Waals surface area contributed by atoms with Crippen molar-refractivity contribution in [2.75, 3.05) is 19.6 Å². The van der Waals surface area contributed by atoms with E-state index in [0.717, 1.165) is 37.1 Å². The van der Waals surface area contributed by atoms with Gasteiger partial charge in [-0.15, -0.1) is 12.4 Å². The Labute approximate surface area is 127 Å². The summed E-state index contributed by atoms with van der Waals surface area (Å²) in [5.41, 5.74) is 1.76. The molecule has 1 aromatic rings. The van der Waals surface area contributed by atoms with Gasteiger partial charge >= 0.3 is 0 Å². The van der Waals surface area contributed by atoms with Gasteiger partial charge in [0.2, 0.25) is 10.0 Å². The zero-order valence-corrected chi connectivity index (χ0v) is 13.6. The summed E-state index contributed by atoms with van der Waals surface area (Å²) in [5, 5.41) is 3.29. The maximum Gasteiger partial charge on any atom is 0.240 e. The fourth-order valence-electron chi connectivity index (χ4n) is 2.43. The minimum atomic E-state index is -3.38. The number of aryl methyl sites for hydroxylation is 2. The first-order valence-electron chi connectivity index (χ1n) is 6.77. The van der Waals surface area contributed by atoms with Crippen molar-refractivity contribution in [3.8, 4) is 0 Å². The summed E-state index contributed by atoms with van der Waals surface area (Å²) in [5.74, 6) is 0.598. The van der Waals surface area contributed by atoms with E-state index in [1.54, 1.807) is 6.07 Å². The van der Waals surface area contributed by atoms with Crippen LogP contribution in [0.15, 0.2) is 23.1 Å².